The van der Waals surface area contributed by atoms with Crippen molar-refractivity contribution in [2.24, 2.45) is 0 Å². The number of carbonyl (C=O) groups is 2. The minimum Gasteiger partial charge on any atom is -0.481 e. The fraction of sp³-hybridized carbons (Fsp3) is 0.529. The van der Waals surface area contributed by atoms with E-state index < -0.39 is 29.6 Å². The molecule has 1 N–H and O–H groups in total. The van der Waals surface area contributed by atoms with Gasteiger partial charge in [-0.1, -0.05) is 28.1 Å². The highest BCUT2D eigenvalue weighted by Gasteiger charge is 2.41. The Hall–Kier alpha value is -1.56. The lowest BCUT2D eigenvalue weighted by atomic mass is 9.90. The number of carbonyl (C=O) groups excluding carboxylic acids is 1. The van der Waals surface area contributed by atoms with Crippen molar-refractivity contribution in [3.63, 3.8) is 0 Å². The van der Waals surface area contributed by atoms with E-state index in [-0.39, 0.29) is 0 Å². The molecule has 0 unspecified atom stereocenters. The molecule has 126 valence electrons. The Morgan fingerprint density at radius 3 is 2.65 bits per heavy atom. The van der Waals surface area contributed by atoms with Crippen LogP contribution in [0.25, 0.3) is 0 Å². The number of aliphatic carboxylic acids is 1. The number of hydrogen-bond acceptors (Lipinski definition) is 3. The summed E-state index contributed by atoms with van der Waals surface area (Å²) in [6, 6.07) is 6.85. The number of likely N-dealkylation sites (tertiary alicyclic amines) is 1. The third kappa shape index (κ3) is 4.47. The average Bonchev–Trinajstić information content (AvgIpc) is 2.85. The number of carboxylic acids is 1. The van der Waals surface area contributed by atoms with Crippen molar-refractivity contribution < 1.29 is 19.4 Å². The van der Waals surface area contributed by atoms with Gasteiger partial charge in [0.1, 0.15) is 11.5 Å². The van der Waals surface area contributed by atoms with E-state index in [1.54, 1.807) is 37.8 Å². The van der Waals surface area contributed by atoms with Gasteiger partial charge in [0, 0.05) is 11.0 Å². The van der Waals surface area contributed by atoms with Gasteiger partial charge in [-0.05, 0) is 51.3 Å². The fourth-order valence-corrected chi connectivity index (χ4v) is 3.33. The van der Waals surface area contributed by atoms with E-state index in [0.717, 1.165) is 10.9 Å². The summed E-state index contributed by atoms with van der Waals surface area (Å²) in [6.07, 6.45) is 0.992. The Morgan fingerprint density at radius 1 is 1.39 bits per heavy atom. The Kier molecular flexibility index (Phi) is 5.34. The number of rotatable bonds is 3. The molecule has 1 aliphatic heterocycles. The highest BCUT2D eigenvalue weighted by atomic mass is 79.9. The minimum atomic E-state index is -0.927. The highest BCUT2D eigenvalue weighted by molar-refractivity contribution is 9.10. The lowest BCUT2D eigenvalue weighted by Gasteiger charge is -2.31. The van der Waals surface area contributed by atoms with Crippen molar-refractivity contribution in [2.45, 2.75) is 51.2 Å². The Bertz CT molecular complexity index is 597. The van der Waals surface area contributed by atoms with Gasteiger partial charge in [-0.2, -0.15) is 0 Å². The molecule has 1 aromatic rings. The molecule has 0 radical (unpaired) electrons. The maximum atomic E-state index is 12.4. The van der Waals surface area contributed by atoms with Crippen LogP contribution >= 0.6 is 15.9 Å². The zero-order chi connectivity index (χ0) is 17.2. The van der Waals surface area contributed by atoms with Crippen molar-refractivity contribution in [1.82, 2.24) is 4.90 Å². The van der Waals surface area contributed by atoms with Crippen LogP contribution in [-0.4, -0.2) is 40.3 Å². The Balaban J connectivity index is 2.28. The van der Waals surface area contributed by atoms with Gasteiger partial charge >= 0.3 is 12.1 Å². The van der Waals surface area contributed by atoms with E-state index in [4.69, 9.17) is 4.74 Å². The van der Waals surface area contributed by atoms with Crippen LogP contribution in [0.3, 0.4) is 0 Å². The second-order valence-corrected chi connectivity index (χ2v) is 7.67. The largest absolute Gasteiger partial charge is 0.481 e. The van der Waals surface area contributed by atoms with Gasteiger partial charge in [-0.15, -0.1) is 0 Å². The van der Waals surface area contributed by atoms with Crippen LogP contribution in [0.15, 0.2) is 28.7 Å². The first kappa shape index (κ1) is 17.8. The van der Waals surface area contributed by atoms with Gasteiger partial charge in [0.15, 0.2) is 0 Å². The molecule has 1 saturated heterocycles. The van der Waals surface area contributed by atoms with E-state index in [9.17, 15) is 14.7 Å². The van der Waals surface area contributed by atoms with E-state index in [1.165, 1.54) is 0 Å². The topological polar surface area (TPSA) is 66.8 Å². The molecule has 23 heavy (non-hydrogen) atoms. The van der Waals surface area contributed by atoms with Gasteiger partial charge in [-0.25, -0.2) is 4.79 Å². The maximum absolute atomic E-state index is 12.4. The second-order valence-electron chi connectivity index (χ2n) is 6.75. The average molecular weight is 384 g/mol. The van der Waals surface area contributed by atoms with Gasteiger partial charge in [0.05, 0.1) is 6.04 Å². The standard InChI is InChI=1S/C17H22BrNO4/c1-17(2,3)23-16(22)19-9-5-8-13(19)14(15(20)21)11-6-4-7-12(18)10-11/h4,6-7,10,13-14H,5,8-9H2,1-3H3,(H,20,21)/t13-,14+/m0/s1. The van der Waals surface area contributed by atoms with Gasteiger partial charge in [0.2, 0.25) is 0 Å². The highest BCUT2D eigenvalue weighted by Crippen LogP contribution is 2.33. The molecule has 2 rings (SSSR count). The van der Waals surface area contributed by atoms with Crippen molar-refractivity contribution in [1.29, 1.82) is 0 Å². The molecule has 1 heterocycles. The molecule has 5 nitrogen and oxygen atoms in total. The number of nitrogens with zero attached hydrogens (tertiary/aromatic N) is 1. The van der Waals surface area contributed by atoms with E-state index in [1.807, 2.05) is 12.1 Å². The molecule has 1 aromatic carbocycles. The quantitative estimate of drug-likeness (QED) is 0.855. The summed E-state index contributed by atoms with van der Waals surface area (Å²) in [6.45, 7) is 5.94. The first-order chi connectivity index (χ1) is 10.7. The number of ether oxygens (including phenoxy) is 1. The molecule has 0 saturated carbocycles. The third-order valence-electron chi connectivity index (χ3n) is 3.79. The molecule has 1 amide bonds. The lowest BCUT2D eigenvalue weighted by Crippen LogP contribution is -2.44. The number of halogens is 1. The first-order valence-electron chi connectivity index (χ1n) is 7.67. The van der Waals surface area contributed by atoms with Crippen molar-refractivity contribution >= 4 is 28.0 Å². The molecule has 2 atom stereocenters. The summed E-state index contributed by atoms with van der Waals surface area (Å²) in [5, 5.41) is 9.72. The Labute approximate surface area is 144 Å². The van der Waals surface area contributed by atoms with E-state index >= 15 is 0 Å². The van der Waals surface area contributed by atoms with Crippen molar-refractivity contribution in [3.05, 3.63) is 34.3 Å². The predicted octanol–water partition coefficient (Wildman–Crippen LogP) is 4.02. The molecule has 1 fully saturated rings. The molecule has 6 heteroatoms. The van der Waals surface area contributed by atoms with Crippen LogP contribution in [0.4, 0.5) is 4.79 Å². The zero-order valence-corrected chi connectivity index (χ0v) is 15.2. The molecule has 0 aromatic heterocycles. The van der Waals surface area contributed by atoms with Crippen LogP contribution in [0, 0.1) is 0 Å². The number of hydrogen-bond donors (Lipinski definition) is 1. The van der Waals surface area contributed by atoms with Crippen LogP contribution in [-0.2, 0) is 9.53 Å². The summed E-state index contributed by atoms with van der Waals surface area (Å²) in [4.78, 5) is 25.8. The summed E-state index contributed by atoms with van der Waals surface area (Å²) in [7, 11) is 0. The molecule has 0 bridgehead atoms. The zero-order valence-electron chi connectivity index (χ0n) is 13.6. The molecule has 1 aliphatic rings. The second kappa shape index (κ2) is 6.91. The Morgan fingerprint density at radius 2 is 2.09 bits per heavy atom. The number of amides is 1. The number of carboxylic acid groups (broad SMARTS) is 1. The fourth-order valence-electron chi connectivity index (χ4n) is 2.92. The monoisotopic (exact) mass is 383 g/mol. The number of benzene rings is 1. The molecular weight excluding hydrogens is 362 g/mol. The van der Waals surface area contributed by atoms with Gasteiger partial charge in [0.25, 0.3) is 0 Å². The normalized spacial score (nSPS) is 19.5. The van der Waals surface area contributed by atoms with Crippen molar-refractivity contribution in [2.75, 3.05) is 6.54 Å². The van der Waals surface area contributed by atoms with Crippen molar-refractivity contribution in [3.8, 4) is 0 Å². The summed E-state index contributed by atoms with van der Waals surface area (Å²) in [5.41, 5.74) is 0.0889. The summed E-state index contributed by atoms with van der Waals surface area (Å²) >= 11 is 3.37. The molecule has 0 aliphatic carbocycles. The van der Waals surface area contributed by atoms with Crippen LogP contribution in [0.5, 0.6) is 0 Å². The third-order valence-corrected chi connectivity index (χ3v) is 4.28. The van der Waals surface area contributed by atoms with E-state index in [0.29, 0.717) is 18.5 Å². The van der Waals surface area contributed by atoms with E-state index in [2.05, 4.69) is 15.9 Å². The minimum absolute atomic E-state index is 0.392. The maximum Gasteiger partial charge on any atom is 0.410 e. The molecular formula is C17H22BrNO4. The van der Waals surface area contributed by atoms with Crippen LogP contribution < -0.4 is 0 Å². The smallest absolute Gasteiger partial charge is 0.410 e. The summed E-state index contributed by atoms with van der Waals surface area (Å²) in [5.74, 6) is -1.69. The predicted molar refractivity (Wildman–Crippen MR) is 90.5 cm³/mol. The van der Waals surface area contributed by atoms with Gasteiger partial charge < -0.3 is 14.7 Å². The van der Waals surface area contributed by atoms with Crippen LogP contribution in [0.1, 0.15) is 45.1 Å². The summed E-state index contributed by atoms with van der Waals surface area (Å²) < 4.78 is 6.25. The van der Waals surface area contributed by atoms with Crippen LogP contribution in [0.2, 0.25) is 0 Å². The SMILES string of the molecule is CC(C)(C)OC(=O)N1CCC[C@H]1[C@H](C(=O)O)c1cccc(Br)c1. The first-order valence-corrected chi connectivity index (χ1v) is 8.46. The van der Waals surface area contributed by atoms with Gasteiger partial charge in [-0.3, -0.25) is 4.79 Å². The lowest BCUT2D eigenvalue weighted by molar-refractivity contribution is -0.140. The molecule has 0 spiro atoms.